The maximum Gasteiger partial charge on any atom is 0.308 e. The van der Waals surface area contributed by atoms with Gasteiger partial charge in [-0.3, -0.25) is 24.3 Å². The lowest BCUT2D eigenvalue weighted by Gasteiger charge is -2.07. The minimum Gasteiger partial charge on any atom is -0.347 e. The van der Waals surface area contributed by atoms with Crippen molar-refractivity contribution in [3.8, 4) is 0 Å². The number of carbonyl (C=O) groups excluding carboxylic acids is 1. The number of amides is 1. The van der Waals surface area contributed by atoms with E-state index in [0.717, 1.165) is 22.5 Å². The normalized spacial score (nSPS) is 10.5. The zero-order valence-corrected chi connectivity index (χ0v) is 16.6. The average molecular weight is 409 g/mol. The summed E-state index contributed by atoms with van der Waals surface area (Å²) in [5.41, 5.74) is 3.10. The van der Waals surface area contributed by atoms with Gasteiger partial charge in [-0.2, -0.15) is 0 Å². The van der Waals surface area contributed by atoms with Gasteiger partial charge in [-0.15, -0.1) is 0 Å². The molecule has 2 aromatic carbocycles. The summed E-state index contributed by atoms with van der Waals surface area (Å²) in [4.78, 5) is 35.5. The van der Waals surface area contributed by atoms with Gasteiger partial charge in [-0.1, -0.05) is 60.4 Å². The van der Waals surface area contributed by atoms with E-state index in [1.807, 2.05) is 24.3 Å². The molecular formula is C21H19N3O4S. The second-order valence-corrected chi connectivity index (χ2v) is 7.39. The first-order valence-electron chi connectivity index (χ1n) is 8.82. The van der Waals surface area contributed by atoms with Gasteiger partial charge >= 0.3 is 4.87 Å². The Morgan fingerprint density at radius 3 is 2.62 bits per heavy atom. The van der Waals surface area contributed by atoms with Crippen LogP contribution in [0.3, 0.4) is 0 Å². The van der Waals surface area contributed by atoms with Crippen molar-refractivity contribution in [2.24, 2.45) is 0 Å². The molecule has 0 unspecified atom stereocenters. The lowest BCUT2D eigenvalue weighted by Crippen LogP contribution is -2.23. The Hall–Kier alpha value is -3.52. The molecule has 0 aliphatic heterocycles. The number of hydrogen-bond donors (Lipinski definition) is 1. The molecule has 0 spiro atoms. The van der Waals surface area contributed by atoms with E-state index in [1.54, 1.807) is 29.7 Å². The van der Waals surface area contributed by atoms with Crippen LogP contribution in [0.4, 0.5) is 5.69 Å². The van der Waals surface area contributed by atoms with Crippen LogP contribution in [0.15, 0.2) is 59.9 Å². The van der Waals surface area contributed by atoms with Crippen LogP contribution in [0.1, 0.15) is 32.1 Å². The van der Waals surface area contributed by atoms with Gasteiger partial charge in [0, 0.05) is 24.4 Å². The molecule has 0 aliphatic rings. The van der Waals surface area contributed by atoms with Gasteiger partial charge in [0.25, 0.3) is 11.6 Å². The van der Waals surface area contributed by atoms with Crippen LogP contribution in [0.2, 0.25) is 0 Å². The number of rotatable bonds is 7. The molecule has 0 saturated carbocycles. The number of thiazole rings is 1. The molecule has 29 heavy (non-hydrogen) atoms. The summed E-state index contributed by atoms with van der Waals surface area (Å²) in [5, 5.41) is 13.6. The first kappa shape index (κ1) is 20.2. The molecular weight excluding hydrogens is 390 g/mol. The molecule has 0 atom stereocenters. The van der Waals surface area contributed by atoms with Crippen molar-refractivity contribution < 1.29 is 9.72 Å². The Kier molecular flexibility index (Phi) is 6.04. The van der Waals surface area contributed by atoms with Gasteiger partial charge in [-0.25, -0.2) is 0 Å². The largest absolute Gasteiger partial charge is 0.347 e. The second kappa shape index (κ2) is 8.66. The van der Waals surface area contributed by atoms with Crippen molar-refractivity contribution in [3.05, 3.63) is 102 Å². The monoisotopic (exact) mass is 409 g/mol. The maximum atomic E-state index is 12.6. The number of nitro benzene ring substituents is 1. The molecule has 7 nitrogen and oxygen atoms in total. The molecule has 3 rings (SSSR count). The predicted octanol–water partition coefficient (Wildman–Crippen LogP) is 3.75. The van der Waals surface area contributed by atoms with Crippen LogP contribution in [-0.2, 0) is 13.1 Å². The Morgan fingerprint density at radius 1 is 1.24 bits per heavy atom. The minimum absolute atomic E-state index is 0.0359. The second-order valence-electron chi connectivity index (χ2n) is 6.42. The van der Waals surface area contributed by atoms with Crippen molar-refractivity contribution in [2.75, 3.05) is 0 Å². The van der Waals surface area contributed by atoms with Crippen molar-refractivity contribution in [1.29, 1.82) is 0 Å². The van der Waals surface area contributed by atoms with Crippen molar-refractivity contribution in [1.82, 2.24) is 9.88 Å². The predicted molar refractivity (Wildman–Crippen MR) is 113 cm³/mol. The van der Waals surface area contributed by atoms with E-state index >= 15 is 0 Å². The van der Waals surface area contributed by atoms with Gasteiger partial charge < -0.3 is 5.32 Å². The number of nitrogens with one attached hydrogen (secondary N) is 1. The highest BCUT2D eigenvalue weighted by Gasteiger charge is 2.18. The SMILES string of the molecule is C=Cc1ccc(Cn2c(C)c(C(=O)NCc3cccc([N+](=O)[O-])c3)sc2=O)cc1. The van der Waals surface area contributed by atoms with Crippen molar-refractivity contribution >= 4 is 29.0 Å². The van der Waals surface area contributed by atoms with Crippen LogP contribution < -0.4 is 10.2 Å². The zero-order chi connectivity index (χ0) is 21.0. The van der Waals surface area contributed by atoms with Gasteiger partial charge in [0.15, 0.2) is 0 Å². The summed E-state index contributed by atoms with van der Waals surface area (Å²) in [6, 6.07) is 13.7. The van der Waals surface area contributed by atoms with Crippen LogP contribution >= 0.6 is 11.3 Å². The molecule has 0 saturated heterocycles. The molecule has 1 heterocycles. The lowest BCUT2D eigenvalue weighted by atomic mass is 10.1. The quantitative estimate of drug-likeness (QED) is 0.475. The summed E-state index contributed by atoms with van der Waals surface area (Å²) in [5.74, 6) is -0.378. The number of benzene rings is 2. The number of non-ortho nitro benzene ring substituents is 1. The highest BCUT2D eigenvalue weighted by Crippen LogP contribution is 2.16. The molecule has 8 heteroatoms. The molecule has 0 fully saturated rings. The van der Waals surface area contributed by atoms with E-state index < -0.39 is 4.92 Å². The maximum absolute atomic E-state index is 12.6. The van der Waals surface area contributed by atoms with E-state index in [2.05, 4.69) is 11.9 Å². The molecule has 0 aliphatic carbocycles. The Balaban J connectivity index is 1.73. The molecule has 1 aromatic heterocycles. The first-order chi connectivity index (χ1) is 13.9. The third-order valence-corrected chi connectivity index (χ3v) is 5.56. The number of aromatic nitrogens is 1. The van der Waals surface area contributed by atoms with E-state index in [0.29, 0.717) is 22.7 Å². The summed E-state index contributed by atoms with van der Waals surface area (Å²) in [6.07, 6.45) is 1.75. The third kappa shape index (κ3) is 4.67. The topological polar surface area (TPSA) is 94.2 Å². The van der Waals surface area contributed by atoms with Crippen LogP contribution in [0.25, 0.3) is 6.08 Å². The van der Waals surface area contributed by atoms with Crippen LogP contribution in [0.5, 0.6) is 0 Å². The Labute approximate surface area is 171 Å². The van der Waals surface area contributed by atoms with Crippen LogP contribution in [-0.4, -0.2) is 15.4 Å². The molecule has 3 aromatic rings. The first-order valence-corrected chi connectivity index (χ1v) is 9.64. The minimum atomic E-state index is -0.483. The summed E-state index contributed by atoms with van der Waals surface area (Å²) < 4.78 is 1.57. The van der Waals surface area contributed by atoms with E-state index in [9.17, 15) is 19.7 Å². The highest BCUT2D eigenvalue weighted by molar-refractivity contribution is 7.11. The summed E-state index contributed by atoms with van der Waals surface area (Å²) in [7, 11) is 0. The molecule has 148 valence electrons. The summed E-state index contributed by atoms with van der Waals surface area (Å²) in [6.45, 7) is 5.96. The lowest BCUT2D eigenvalue weighted by molar-refractivity contribution is -0.384. The van der Waals surface area contributed by atoms with Gasteiger partial charge in [0.05, 0.1) is 11.5 Å². The molecule has 0 bridgehead atoms. The van der Waals surface area contributed by atoms with Crippen LogP contribution in [0, 0.1) is 17.0 Å². The third-order valence-electron chi connectivity index (χ3n) is 4.48. The standard InChI is InChI=1S/C21H19N3O4S/c1-3-15-7-9-16(10-8-15)13-23-14(2)19(29-21(23)26)20(25)22-12-17-5-4-6-18(11-17)24(27)28/h3-11H,1,12-13H2,2H3,(H,22,25). The number of nitrogens with zero attached hydrogens (tertiary/aromatic N) is 2. The number of carbonyl (C=O) groups is 1. The molecule has 0 radical (unpaired) electrons. The average Bonchev–Trinajstić information content (AvgIpc) is 3.01. The fourth-order valence-corrected chi connectivity index (χ4v) is 3.76. The van der Waals surface area contributed by atoms with Crippen molar-refractivity contribution in [2.45, 2.75) is 20.0 Å². The fourth-order valence-electron chi connectivity index (χ4n) is 2.85. The Bertz CT molecular complexity index is 1130. The highest BCUT2D eigenvalue weighted by atomic mass is 32.1. The van der Waals surface area contributed by atoms with Gasteiger partial charge in [0.1, 0.15) is 4.88 Å². The smallest absolute Gasteiger partial charge is 0.308 e. The summed E-state index contributed by atoms with van der Waals surface area (Å²) >= 11 is 0.890. The zero-order valence-electron chi connectivity index (χ0n) is 15.8. The van der Waals surface area contributed by atoms with E-state index in [1.165, 1.54) is 12.1 Å². The molecule has 1 amide bonds. The van der Waals surface area contributed by atoms with E-state index in [-0.39, 0.29) is 23.0 Å². The fraction of sp³-hybridized carbons (Fsp3) is 0.143. The van der Waals surface area contributed by atoms with E-state index in [4.69, 9.17) is 0 Å². The van der Waals surface area contributed by atoms with Crippen molar-refractivity contribution in [3.63, 3.8) is 0 Å². The number of hydrogen-bond acceptors (Lipinski definition) is 5. The number of nitro groups is 1. The van der Waals surface area contributed by atoms with Gasteiger partial charge in [0.2, 0.25) is 0 Å². The Morgan fingerprint density at radius 2 is 1.97 bits per heavy atom. The molecule has 1 N–H and O–H groups in total. The van der Waals surface area contributed by atoms with Gasteiger partial charge in [-0.05, 0) is 23.6 Å².